The Morgan fingerprint density at radius 2 is 2.14 bits per heavy atom. The molecule has 1 saturated heterocycles. The van der Waals surface area contributed by atoms with E-state index in [4.69, 9.17) is 4.74 Å². The van der Waals surface area contributed by atoms with Gasteiger partial charge in [0, 0.05) is 25.6 Å². The molecule has 1 amide bonds. The molecule has 0 spiro atoms. The van der Waals surface area contributed by atoms with E-state index in [9.17, 15) is 13.6 Å². The Labute approximate surface area is 133 Å². The van der Waals surface area contributed by atoms with Gasteiger partial charge in [-0.15, -0.1) is 12.4 Å². The summed E-state index contributed by atoms with van der Waals surface area (Å²) in [7, 11) is 0. The molecular weight excluding hydrogens is 318 g/mol. The number of carbonyl (C=O) groups is 1. The molecule has 5 nitrogen and oxygen atoms in total. The number of alkyl halides is 2. The van der Waals surface area contributed by atoms with Crippen LogP contribution in [0.25, 0.3) is 0 Å². The van der Waals surface area contributed by atoms with Crippen molar-refractivity contribution < 1.29 is 23.0 Å². The second-order valence-corrected chi connectivity index (χ2v) is 4.73. The van der Waals surface area contributed by atoms with E-state index in [-0.39, 0.29) is 30.1 Å². The highest BCUT2D eigenvalue weighted by atomic mass is 35.5. The molecule has 0 saturated carbocycles. The molecule has 1 aliphatic heterocycles. The van der Waals surface area contributed by atoms with Gasteiger partial charge in [-0.05, 0) is 17.7 Å². The zero-order chi connectivity index (χ0) is 15.1. The topological polar surface area (TPSA) is 59.6 Å². The van der Waals surface area contributed by atoms with Crippen LogP contribution >= 0.6 is 12.4 Å². The summed E-state index contributed by atoms with van der Waals surface area (Å²) in [6.45, 7) is -0.524. The van der Waals surface area contributed by atoms with Gasteiger partial charge >= 0.3 is 6.61 Å². The van der Waals surface area contributed by atoms with Crippen molar-refractivity contribution in [2.45, 2.75) is 25.6 Å². The first-order chi connectivity index (χ1) is 10.1. The third kappa shape index (κ3) is 6.55. The van der Waals surface area contributed by atoms with E-state index in [0.717, 1.165) is 12.1 Å². The predicted molar refractivity (Wildman–Crippen MR) is 79.4 cm³/mol. The Hall–Kier alpha value is -1.44. The van der Waals surface area contributed by atoms with E-state index in [1.807, 2.05) is 0 Å². The minimum Gasteiger partial charge on any atom is -0.435 e. The fourth-order valence-corrected chi connectivity index (χ4v) is 2.04. The number of hydrogen-bond acceptors (Lipinski definition) is 4. The summed E-state index contributed by atoms with van der Waals surface area (Å²) in [5.41, 5.74) is 0.817. The van der Waals surface area contributed by atoms with Crippen LogP contribution in [0.5, 0.6) is 5.75 Å². The molecule has 1 aromatic carbocycles. The predicted octanol–water partition coefficient (Wildman–Crippen LogP) is 1.70. The van der Waals surface area contributed by atoms with Crippen molar-refractivity contribution in [1.82, 2.24) is 10.6 Å². The number of amides is 1. The van der Waals surface area contributed by atoms with Crippen molar-refractivity contribution in [2.24, 2.45) is 0 Å². The van der Waals surface area contributed by atoms with Gasteiger partial charge in [-0.3, -0.25) is 4.79 Å². The second kappa shape index (κ2) is 9.55. The SMILES string of the molecule is Cl.O=C(CC1COCCN1)NCc1ccc(OC(F)F)cc1. The van der Waals surface area contributed by atoms with Gasteiger partial charge in [-0.1, -0.05) is 12.1 Å². The number of halogens is 3. The van der Waals surface area contributed by atoms with Crippen LogP contribution < -0.4 is 15.4 Å². The number of benzene rings is 1. The van der Waals surface area contributed by atoms with Crippen LogP contribution in [0.2, 0.25) is 0 Å². The summed E-state index contributed by atoms with van der Waals surface area (Å²) >= 11 is 0. The molecule has 1 fully saturated rings. The molecule has 2 N–H and O–H groups in total. The Bertz CT molecular complexity index is 454. The van der Waals surface area contributed by atoms with Crippen molar-refractivity contribution in [3.8, 4) is 5.75 Å². The summed E-state index contributed by atoms with van der Waals surface area (Å²) in [6, 6.07) is 6.22. The number of hydrogen-bond donors (Lipinski definition) is 2. The van der Waals surface area contributed by atoms with Crippen LogP contribution in [0.4, 0.5) is 8.78 Å². The largest absolute Gasteiger partial charge is 0.435 e. The van der Waals surface area contributed by atoms with Crippen LogP contribution in [0.1, 0.15) is 12.0 Å². The second-order valence-electron chi connectivity index (χ2n) is 4.73. The first-order valence-electron chi connectivity index (χ1n) is 6.75. The van der Waals surface area contributed by atoms with E-state index in [1.54, 1.807) is 12.1 Å². The maximum Gasteiger partial charge on any atom is 0.387 e. The summed E-state index contributed by atoms with van der Waals surface area (Å²) in [5, 5.41) is 5.98. The molecule has 124 valence electrons. The van der Waals surface area contributed by atoms with Crippen molar-refractivity contribution in [3.63, 3.8) is 0 Å². The first kappa shape index (κ1) is 18.6. The number of nitrogens with one attached hydrogen (secondary N) is 2. The standard InChI is InChI=1S/C14H18F2N2O3.ClH/c15-14(16)21-12-3-1-10(2-4-12)8-18-13(19)7-11-9-20-6-5-17-11;/h1-4,11,14,17H,5-9H2,(H,18,19);1H. The van der Waals surface area contributed by atoms with Crippen LogP contribution in [-0.4, -0.2) is 38.3 Å². The molecule has 0 aromatic heterocycles. The molecule has 0 bridgehead atoms. The Morgan fingerprint density at radius 1 is 1.41 bits per heavy atom. The van der Waals surface area contributed by atoms with Gasteiger partial charge < -0.3 is 20.1 Å². The molecule has 0 aliphatic carbocycles. The van der Waals surface area contributed by atoms with Crippen LogP contribution in [0.3, 0.4) is 0 Å². The third-order valence-corrected chi connectivity index (χ3v) is 3.07. The lowest BCUT2D eigenvalue weighted by Crippen LogP contribution is -2.44. The van der Waals surface area contributed by atoms with E-state index in [0.29, 0.717) is 26.2 Å². The molecule has 2 rings (SSSR count). The molecule has 1 unspecified atom stereocenters. The van der Waals surface area contributed by atoms with Crippen molar-refractivity contribution >= 4 is 18.3 Å². The van der Waals surface area contributed by atoms with Crippen LogP contribution in [0, 0.1) is 0 Å². The summed E-state index contributed by atoms with van der Waals surface area (Å²) < 4.78 is 33.5. The highest BCUT2D eigenvalue weighted by Crippen LogP contribution is 2.14. The first-order valence-corrected chi connectivity index (χ1v) is 6.75. The quantitative estimate of drug-likeness (QED) is 0.830. The average Bonchev–Trinajstić information content (AvgIpc) is 2.47. The fraction of sp³-hybridized carbons (Fsp3) is 0.500. The van der Waals surface area contributed by atoms with Gasteiger partial charge in [0.15, 0.2) is 0 Å². The molecule has 1 heterocycles. The number of ether oxygens (including phenoxy) is 2. The molecule has 1 aromatic rings. The molecule has 1 aliphatic rings. The summed E-state index contributed by atoms with van der Waals surface area (Å²) in [5.74, 6) is 0.0227. The number of rotatable bonds is 6. The third-order valence-electron chi connectivity index (χ3n) is 3.07. The lowest BCUT2D eigenvalue weighted by atomic mass is 10.1. The van der Waals surface area contributed by atoms with Gasteiger partial charge in [0.25, 0.3) is 0 Å². The zero-order valence-corrected chi connectivity index (χ0v) is 12.7. The fourth-order valence-electron chi connectivity index (χ4n) is 2.04. The van der Waals surface area contributed by atoms with Crippen molar-refractivity contribution in [3.05, 3.63) is 29.8 Å². The van der Waals surface area contributed by atoms with Crippen molar-refractivity contribution in [2.75, 3.05) is 19.8 Å². The maximum absolute atomic E-state index is 12.0. The molecule has 1 atom stereocenters. The normalized spacial score (nSPS) is 17.7. The zero-order valence-electron chi connectivity index (χ0n) is 11.9. The summed E-state index contributed by atoms with van der Waals surface area (Å²) in [4.78, 5) is 11.8. The minimum absolute atomic E-state index is 0. The molecule has 8 heteroatoms. The highest BCUT2D eigenvalue weighted by molar-refractivity contribution is 5.85. The van der Waals surface area contributed by atoms with Gasteiger partial charge in [0.2, 0.25) is 5.91 Å². The van der Waals surface area contributed by atoms with Gasteiger partial charge in [0.1, 0.15) is 5.75 Å². The van der Waals surface area contributed by atoms with E-state index < -0.39 is 6.61 Å². The number of carbonyl (C=O) groups excluding carboxylic acids is 1. The molecular formula is C14H19ClF2N2O3. The average molecular weight is 337 g/mol. The van der Waals surface area contributed by atoms with Crippen LogP contribution in [-0.2, 0) is 16.1 Å². The van der Waals surface area contributed by atoms with E-state index in [1.165, 1.54) is 12.1 Å². The minimum atomic E-state index is -2.83. The van der Waals surface area contributed by atoms with Gasteiger partial charge in [-0.2, -0.15) is 8.78 Å². The highest BCUT2D eigenvalue weighted by Gasteiger charge is 2.16. The Kier molecular flexibility index (Phi) is 8.08. The van der Waals surface area contributed by atoms with Gasteiger partial charge in [0.05, 0.1) is 13.2 Å². The number of morpholine rings is 1. The molecule has 22 heavy (non-hydrogen) atoms. The summed E-state index contributed by atoms with van der Waals surface area (Å²) in [6.07, 6.45) is 0.354. The Balaban J connectivity index is 0.00000242. The van der Waals surface area contributed by atoms with Crippen molar-refractivity contribution in [1.29, 1.82) is 0 Å². The Morgan fingerprint density at radius 3 is 2.73 bits per heavy atom. The van der Waals surface area contributed by atoms with E-state index >= 15 is 0 Å². The maximum atomic E-state index is 12.0. The monoisotopic (exact) mass is 336 g/mol. The lowest BCUT2D eigenvalue weighted by Gasteiger charge is -2.23. The lowest BCUT2D eigenvalue weighted by molar-refractivity contribution is -0.122. The smallest absolute Gasteiger partial charge is 0.387 e. The van der Waals surface area contributed by atoms with Gasteiger partial charge in [-0.25, -0.2) is 0 Å². The van der Waals surface area contributed by atoms with Crippen LogP contribution in [0.15, 0.2) is 24.3 Å². The molecule has 0 radical (unpaired) electrons. The van der Waals surface area contributed by atoms with E-state index in [2.05, 4.69) is 15.4 Å².